The van der Waals surface area contributed by atoms with E-state index >= 15 is 0 Å². The number of anilines is 3. The van der Waals surface area contributed by atoms with Crippen LogP contribution in [-0.4, -0.2) is 23.7 Å². The SMILES string of the molecule is COCCc1nc(N)cc(Nc2ccc(Cl)cc2)n1. The molecule has 1 aromatic carbocycles. The smallest absolute Gasteiger partial charge is 0.136 e. The van der Waals surface area contributed by atoms with Crippen molar-refractivity contribution < 1.29 is 4.74 Å². The van der Waals surface area contributed by atoms with Gasteiger partial charge in [-0.05, 0) is 24.3 Å². The summed E-state index contributed by atoms with van der Waals surface area (Å²) in [7, 11) is 1.64. The molecule has 0 fully saturated rings. The summed E-state index contributed by atoms with van der Waals surface area (Å²) in [5, 5.41) is 3.85. The van der Waals surface area contributed by atoms with E-state index in [1.165, 1.54) is 0 Å². The van der Waals surface area contributed by atoms with Crippen LogP contribution in [-0.2, 0) is 11.2 Å². The van der Waals surface area contributed by atoms with Crippen molar-refractivity contribution >= 4 is 28.9 Å². The molecule has 3 N–H and O–H groups in total. The fourth-order valence-electron chi connectivity index (χ4n) is 1.57. The van der Waals surface area contributed by atoms with Crippen molar-refractivity contribution in [3.8, 4) is 0 Å². The first kappa shape index (κ1) is 13.6. The topological polar surface area (TPSA) is 73.1 Å². The summed E-state index contributed by atoms with van der Waals surface area (Å²) < 4.78 is 5.00. The van der Waals surface area contributed by atoms with Crippen LogP contribution in [0.4, 0.5) is 17.3 Å². The van der Waals surface area contributed by atoms with E-state index in [0.29, 0.717) is 35.5 Å². The number of halogens is 1. The summed E-state index contributed by atoms with van der Waals surface area (Å²) in [5.41, 5.74) is 6.64. The largest absolute Gasteiger partial charge is 0.384 e. The fourth-order valence-corrected chi connectivity index (χ4v) is 1.69. The number of hydrogen-bond acceptors (Lipinski definition) is 5. The van der Waals surface area contributed by atoms with Crippen molar-refractivity contribution in [3.05, 3.63) is 41.2 Å². The van der Waals surface area contributed by atoms with Gasteiger partial charge in [0.05, 0.1) is 6.61 Å². The molecule has 0 saturated heterocycles. The molecular formula is C13H15ClN4O. The van der Waals surface area contributed by atoms with Gasteiger partial charge in [-0.3, -0.25) is 0 Å². The summed E-state index contributed by atoms with van der Waals surface area (Å²) >= 11 is 5.84. The van der Waals surface area contributed by atoms with E-state index in [1.54, 1.807) is 25.3 Å². The zero-order chi connectivity index (χ0) is 13.7. The second-order valence-electron chi connectivity index (χ2n) is 3.97. The first-order valence-electron chi connectivity index (χ1n) is 5.82. The minimum absolute atomic E-state index is 0.428. The third-order valence-corrected chi connectivity index (χ3v) is 2.69. The lowest BCUT2D eigenvalue weighted by Gasteiger charge is -2.08. The average molecular weight is 279 g/mol. The Bertz CT molecular complexity index is 545. The molecule has 0 aliphatic carbocycles. The lowest BCUT2D eigenvalue weighted by molar-refractivity contribution is 0.200. The first-order valence-corrected chi connectivity index (χ1v) is 6.20. The molecule has 2 aromatic rings. The number of nitrogens with two attached hydrogens (primary N) is 1. The quantitative estimate of drug-likeness (QED) is 0.880. The van der Waals surface area contributed by atoms with Crippen LogP contribution in [0.3, 0.4) is 0 Å². The van der Waals surface area contributed by atoms with E-state index in [0.717, 1.165) is 5.69 Å². The maximum atomic E-state index is 5.84. The molecule has 0 aliphatic rings. The third kappa shape index (κ3) is 4.08. The number of ether oxygens (including phenoxy) is 1. The van der Waals surface area contributed by atoms with Gasteiger partial charge in [0.2, 0.25) is 0 Å². The minimum Gasteiger partial charge on any atom is -0.384 e. The monoisotopic (exact) mass is 278 g/mol. The van der Waals surface area contributed by atoms with Crippen molar-refractivity contribution in [3.63, 3.8) is 0 Å². The normalized spacial score (nSPS) is 10.4. The number of rotatable bonds is 5. The molecule has 1 aromatic heterocycles. The van der Waals surface area contributed by atoms with E-state index in [9.17, 15) is 0 Å². The highest BCUT2D eigenvalue weighted by atomic mass is 35.5. The van der Waals surface area contributed by atoms with Gasteiger partial charge < -0.3 is 15.8 Å². The molecule has 2 rings (SSSR count). The van der Waals surface area contributed by atoms with Gasteiger partial charge in [0.1, 0.15) is 17.5 Å². The molecule has 1 heterocycles. The summed E-state index contributed by atoms with van der Waals surface area (Å²) in [5.74, 6) is 1.73. The molecular weight excluding hydrogens is 264 g/mol. The maximum absolute atomic E-state index is 5.84. The van der Waals surface area contributed by atoms with Crippen molar-refractivity contribution in [2.75, 3.05) is 24.8 Å². The van der Waals surface area contributed by atoms with E-state index in [2.05, 4.69) is 15.3 Å². The number of hydrogen-bond donors (Lipinski definition) is 2. The van der Waals surface area contributed by atoms with E-state index < -0.39 is 0 Å². The zero-order valence-corrected chi connectivity index (χ0v) is 11.3. The van der Waals surface area contributed by atoms with Gasteiger partial charge in [0.25, 0.3) is 0 Å². The van der Waals surface area contributed by atoms with Crippen LogP contribution in [0.5, 0.6) is 0 Å². The molecule has 100 valence electrons. The minimum atomic E-state index is 0.428. The highest BCUT2D eigenvalue weighted by molar-refractivity contribution is 6.30. The van der Waals surface area contributed by atoms with Crippen LogP contribution in [0.15, 0.2) is 30.3 Å². The number of benzene rings is 1. The van der Waals surface area contributed by atoms with E-state index in [1.807, 2.05) is 12.1 Å². The average Bonchev–Trinajstić information content (AvgIpc) is 2.38. The van der Waals surface area contributed by atoms with Gasteiger partial charge >= 0.3 is 0 Å². The van der Waals surface area contributed by atoms with Crippen LogP contribution < -0.4 is 11.1 Å². The number of nitrogen functional groups attached to an aromatic ring is 1. The van der Waals surface area contributed by atoms with Gasteiger partial charge in [0.15, 0.2) is 0 Å². The second kappa shape index (κ2) is 6.36. The van der Waals surface area contributed by atoms with Crippen LogP contribution in [0.2, 0.25) is 5.02 Å². The van der Waals surface area contributed by atoms with Gasteiger partial charge in [0, 0.05) is 30.3 Å². The van der Waals surface area contributed by atoms with Crippen LogP contribution >= 0.6 is 11.6 Å². The van der Waals surface area contributed by atoms with Crippen molar-refractivity contribution in [1.29, 1.82) is 0 Å². The van der Waals surface area contributed by atoms with Gasteiger partial charge in [-0.2, -0.15) is 0 Å². The first-order chi connectivity index (χ1) is 9.17. The Balaban J connectivity index is 2.15. The van der Waals surface area contributed by atoms with Gasteiger partial charge in [-0.1, -0.05) is 11.6 Å². The molecule has 0 amide bonds. The summed E-state index contributed by atoms with van der Waals surface area (Å²) in [6.07, 6.45) is 0.622. The molecule has 0 bridgehead atoms. The van der Waals surface area contributed by atoms with Crippen molar-refractivity contribution in [2.45, 2.75) is 6.42 Å². The number of nitrogens with one attached hydrogen (secondary N) is 1. The molecule has 6 heteroatoms. The summed E-state index contributed by atoms with van der Waals surface area (Å²) in [4.78, 5) is 8.53. The predicted molar refractivity (Wildman–Crippen MR) is 76.8 cm³/mol. The highest BCUT2D eigenvalue weighted by Gasteiger charge is 2.03. The summed E-state index contributed by atoms with van der Waals surface area (Å²) in [6, 6.07) is 9.04. The molecule has 0 saturated carbocycles. The standard InChI is InChI=1S/C13H15ClN4O/c1-19-7-6-12-17-11(15)8-13(18-12)16-10-4-2-9(14)3-5-10/h2-5,8H,6-7H2,1H3,(H3,15,16,17,18). The van der Waals surface area contributed by atoms with Gasteiger partial charge in [-0.15, -0.1) is 0 Å². The Morgan fingerprint density at radius 3 is 2.68 bits per heavy atom. The predicted octanol–water partition coefficient (Wildman–Crippen LogP) is 2.64. The number of methoxy groups -OCH3 is 1. The van der Waals surface area contributed by atoms with Gasteiger partial charge in [-0.25, -0.2) is 9.97 Å². The lowest BCUT2D eigenvalue weighted by Crippen LogP contribution is -2.06. The molecule has 0 unspecified atom stereocenters. The Kier molecular flexibility index (Phi) is 4.54. The van der Waals surface area contributed by atoms with E-state index in [4.69, 9.17) is 22.1 Å². The molecule has 0 radical (unpaired) electrons. The molecule has 0 aliphatic heterocycles. The Labute approximate surface area is 116 Å². The van der Waals surface area contributed by atoms with Crippen LogP contribution in [0.25, 0.3) is 0 Å². The molecule has 0 atom stereocenters. The van der Waals surface area contributed by atoms with E-state index in [-0.39, 0.29) is 0 Å². The molecule has 5 nitrogen and oxygen atoms in total. The molecule has 0 spiro atoms. The van der Waals surface area contributed by atoms with Crippen molar-refractivity contribution in [1.82, 2.24) is 9.97 Å². The second-order valence-corrected chi connectivity index (χ2v) is 4.41. The van der Waals surface area contributed by atoms with Crippen molar-refractivity contribution in [2.24, 2.45) is 0 Å². The van der Waals surface area contributed by atoms with Crippen LogP contribution in [0, 0.1) is 0 Å². The Morgan fingerprint density at radius 1 is 1.26 bits per heavy atom. The fraction of sp³-hybridized carbons (Fsp3) is 0.231. The lowest BCUT2D eigenvalue weighted by atomic mass is 10.3. The number of aromatic nitrogens is 2. The Morgan fingerprint density at radius 2 is 2.00 bits per heavy atom. The van der Waals surface area contributed by atoms with Crippen LogP contribution in [0.1, 0.15) is 5.82 Å². The third-order valence-electron chi connectivity index (χ3n) is 2.44. The maximum Gasteiger partial charge on any atom is 0.136 e. The Hall–Kier alpha value is -1.85. The molecule has 19 heavy (non-hydrogen) atoms. The number of nitrogens with zero attached hydrogens (tertiary/aromatic N) is 2. The zero-order valence-electron chi connectivity index (χ0n) is 10.6. The summed E-state index contributed by atoms with van der Waals surface area (Å²) in [6.45, 7) is 0.559. The highest BCUT2D eigenvalue weighted by Crippen LogP contribution is 2.18.